The Morgan fingerprint density at radius 3 is 2.63 bits per heavy atom. The molecular formula is C26H28F2N8O2. The number of nitrogens with one attached hydrogen (secondary N) is 3. The maximum Gasteiger partial charge on any atom is 0.321 e. The number of hydrogen-bond donors (Lipinski definition) is 3. The average Bonchev–Trinajstić information content (AvgIpc) is 3.43. The van der Waals surface area contributed by atoms with Crippen molar-refractivity contribution in [1.29, 1.82) is 0 Å². The molecule has 0 radical (unpaired) electrons. The van der Waals surface area contributed by atoms with Crippen LogP contribution >= 0.6 is 0 Å². The van der Waals surface area contributed by atoms with Gasteiger partial charge >= 0.3 is 6.03 Å². The number of carbonyl (C=O) groups excluding carboxylic acids is 2. The molecule has 2 aromatic rings. The van der Waals surface area contributed by atoms with Gasteiger partial charge in [-0.3, -0.25) is 15.2 Å². The molecule has 2 aromatic heterocycles. The van der Waals surface area contributed by atoms with Gasteiger partial charge in [0.05, 0.1) is 35.9 Å². The molecule has 1 saturated heterocycles. The van der Waals surface area contributed by atoms with Gasteiger partial charge in [-0.05, 0) is 43.2 Å². The third-order valence-electron chi connectivity index (χ3n) is 6.74. The van der Waals surface area contributed by atoms with Gasteiger partial charge in [-0.15, -0.1) is 0 Å². The van der Waals surface area contributed by atoms with Crippen molar-refractivity contribution < 1.29 is 18.4 Å². The summed E-state index contributed by atoms with van der Waals surface area (Å²) in [6, 6.07) is 4.81. The van der Waals surface area contributed by atoms with Gasteiger partial charge in [-0.2, -0.15) is 5.10 Å². The van der Waals surface area contributed by atoms with E-state index >= 15 is 0 Å². The van der Waals surface area contributed by atoms with E-state index < -0.39 is 17.4 Å². The summed E-state index contributed by atoms with van der Waals surface area (Å²) in [5, 5.41) is 9.90. The maximum atomic E-state index is 13.5. The highest BCUT2D eigenvalue weighted by molar-refractivity contribution is 6.50. The van der Waals surface area contributed by atoms with Crippen LogP contribution in [0.5, 0.6) is 0 Å². The molecule has 0 spiro atoms. The first-order chi connectivity index (χ1) is 18.0. The Bertz CT molecular complexity index is 1370. The fraction of sp³-hybridized carbons (Fsp3) is 0.346. The van der Waals surface area contributed by atoms with Crippen molar-refractivity contribution in [3.8, 4) is 0 Å². The number of hydrogen-bond acceptors (Lipinski definition) is 7. The summed E-state index contributed by atoms with van der Waals surface area (Å²) in [4.78, 5) is 36.7. The standard InChI is InChI=1S/C26H28F2N8O2/c1-25-7-6-16(17-10-19(13-29-12-17)32-24(38)35(2)3)11-20(25)22(33-34-25)23(37)31-18-4-5-21(30-14-18)36-9-8-26(27,28)15-36/h4-6,10-14,34H,7-9,15H2,1-3H3,(H,31,37)(H,32,38). The highest BCUT2D eigenvalue weighted by atomic mass is 19.3. The Hall–Kier alpha value is -4.35. The molecule has 4 heterocycles. The Balaban J connectivity index is 1.31. The van der Waals surface area contributed by atoms with E-state index in [0.29, 0.717) is 23.6 Å². The fourth-order valence-electron chi connectivity index (χ4n) is 4.52. The number of nitrogens with zero attached hydrogens (tertiary/aromatic N) is 5. The molecule has 2 aliphatic heterocycles. The summed E-state index contributed by atoms with van der Waals surface area (Å²) < 4.78 is 27.1. The molecule has 10 nitrogen and oxygen atoms in total. The second kappa shape index (κ2) is 9.51. The first kappa shape index (κ1) is 25.3. The highest BCUT2D eigenvalue weighted by Gasteiger charge is 2.41. The van der Waals surface area contributed by atoms with E-state index in [2.05, 4.69) is 31.1 Å². The first-order valence-corrected chi connectivity index (χ1v) is 12.1. The van der Waals surface area contributed by atoms with Crippen molar-refractivity contribution in [3.05, 3.63) is 60.1 Å². The van der Waals surface area contributed by atoms with Gasteiger partial charge in [0.1, 0.15) is 5.82 Å². The van der Waals surface area contributed by atoms with E-state index in [9.17, 15) is 18.4 Å². The lowest BCUT2D eigenvalue weighted by Gasteiger charge is -2.28. The summed E-state index contributed by atoms with van der Waals surface area (Å²) >= 11 is 0. The molecule has 1 fully saturated rings. The number of alkyl halides is 2. The van der Waals surface area contributed by atoms with E-state index in [-0.39, 0.29) is 31.3 Å². The SMILES string of the molecule is CN(C)C(=O)Nc1cncc(C2=CCC3(C)NN=C(C(=O)Nc4ccc(N5CCC(F)(F)C5)nc4)C3=C2)c1. The minimum atomic E-state index is -2.71. The number of amides is 3. The van der Waals surface area contributed by atoms with Crippen molar-refractivity contribution >= 4 is 40.4 Å². The number of carbonyl (C=O) groups is 2. The van der Waals surface area contributed by atoms with E-state index in [1.165, 1.54) is 16.0 Å². The summed E-state index contributed by atoms with van der Waals surface area (Å²) in [5.41, 5.74) is 6.11. The van der Waals surface area contributed by atoms with Crippen LogP contribution < -0.4 is 21.0 Å². The van der Waals surface area contributed by atoms with Gasteiger partial charge < -0.3 is 20.4 Å². The van der Waals surface area contributed by atoms with Gasteiger partial charge in [-0.25, -0.2) is 18.6 Å². The number of anilines is 3. The van der Waals surface area contributed by atoms with E-state index in [1.54, 1.807) is 38.6 Å². The Labute approximate surface area is 218 Å². The van der Waals surface area contributed by atoms with Crippen molar-refractivity contribution in [3.63, 3.8) is 0 Å². The largest absolute Gasteiger partial charge is 0.350 e. The van der Waals surface area contributed by atoms with Crippen LogP contribution in [0.4, 0.5) is 30.8 Å². The molecule has 1 aliphatic carbocycles. The van der Waals surface area contributed by atoms with E-state index in [4.69, 9.17) is 0 Å². The molecule has 198 valence electrons. The lowest BCUT2D eigenvalue weighted by Crippen LogP contribution is -2.39. The summed E-state index contributed by atoms with van der Waals surface area (Å²) in [7, 11) is 3.30. The molecule has 3 amide bonds. The summed E-state index contributed by atoms with van der Waals surface area (Å²) in [6.07, 6.45) is 9.02. The van der Waals surface area contributed by atoms with Crippen LogP contribution in [-0.4, -0.2) is 71.2 Å². The predicted molar refractivity (Wildman–Crippen MR) is 141 cm³/mol. The minimum Gasteiger partial charge on any atom is -0.350 e. The molecule has 1 unspecified atom stereocenters. The number of rotatable bonds is 5. The number of halogens is 2. The molecular weight excluding hydrogens is 494 g/mol. The van der Waals surface area contributed by atoms with Crippen molar-refractivity contribution in [2.75, 3.05) is 42.7 Å². The van der Waals surface area contributed by atoms with Crippen LogP contribution in [0.2, 0.25) is 0 Å². The molecule has 0 bridgehead atoms. The number of urea groups is 1. The van der Waals surface area contributed by atoms with Gasteiger partial charge in [0.2, 0.25) is 0 Å². The lowest BCUT2D eigenvalue weighted by molar-refractivity contribution is -0.110. The molecule has 0 saturated carbocycles. The van der Waals surface area contributed by atoms with Crippen LogP contribution in [-0.2, 0) is 4.79 Å². The van der Waals surface area contributed by atoms with Gasteiger partial charge in [0.25, 0.3) is 11.8 Å². The Morgan fingerprint density at radius 2 is 1.95 bits per heavy atom. The van der Waals surface area contributed by atoms with Crippen LogP contribution in [0.1, 0.15) is 25.3 Å². The molecule has 3 N–H and O–H groups in total. The second-order valence-electron chi connectivity index (χ2n) is 10.00. The second-order valence-corrected chi connectivity index (χ2v) is 10.00. The molecule has 3 aliphatic rings. The maximum absolute atomic E-state index is 13.5. The number of allylic oxidation sites excluding steroid dienone is 2. The van der Waals surface area contributed by atoms with Crippen LogP contribution in [0, 0.1) is 0 Å². The first-order valence-electron chi connectivity index (χ1n) is 12.1. The van der Waals surface area contributed by atoms with E-state index in [0.717, 1.165) is 16.7 Å². The third kappa shape index (κ3) is 5.06. The summed E-state index contributed by atoms with van der Waals surface area (Å²) in [5.74, 6) is -2.69. The smallest absolute Gasteiger partial charge is 0.321 e. The minimum absolute atomic E-state index is 0.199. The third-order valence-corrected chi connectivity index (χ3v) is 6.74. The van der Waals surface area contributed by atoms with Crippen molar-refractivity contribution in [2.24, 2.45) is 5.10 Å². The number of pyridine rings is 2. The summed E-state index contributed by atoms with van der Waals surface area (Å²) in [6.45, 7) is 1.83. The molecule has 1 atom stereocenters. The number of aromatic nitrogens is 2. The predicted octanol–water partition coefficient (Wildman–Crippen LogP) is 3.49. The molecule has 0 aromatic carbocycles. The van der Waals surface area contributed by atoms with Crippen molar-refractivity contribution in [2.45, 2.75) is 31.2 Å². The van der Waals surface area contributed by atoms with Crippen molar-refractivity contribution in [1.82, 2.24) is 20.3 Å². The van der Waals surface area contributed by atoms with Gasteiger partial charge in [-0.1, -0.05) is 6.08 Å². The lowest BCUT2D eigenvalue weighted by atomic mass is 9.80. The van der Waals surface area contributed by atoms with Crippen LogP contribution in [0.15, 0.2) is 59.6 Å². The van der Waals surface area contributed by atoms with E-state index in [1.807, 2.05) is 25.1 Å². The molecule has 5 rings (SSSR count). The normalized spacial score (nSPS) is 21.5. The van der Waals surface area contributed by atoms with Crippen LogP contribution in [0.3, 0.4) is 0 Å². The topological polar surface area (TPSA) is 115 Å². The number of hydrazone groups is 1. The quantitative estimate of drug-likeness (QED) is 0.554. The monoisotopic (exact) mass is 522 g/mol. The molecule has 38 heavy (non-hydrogen) atoms. The fourth-order valence-corrected chi connectivity index (χ4v) is 4.52. The van der Waals surface area contributed by atoms with Gasteiger partial charge in [0, 0.05) is 44.4 Å². The van der Waals surface area contributed by atoms with Crippen LogP contribution in [0.25, 0.3) is 5.57 Å². The zero-order valence-corrected chi connectivity index (χ0v) is 21.3. The average molecular weight is 523 g/mol. The zero-order chi connectivity index (χ0) is 27.1. The molecule has 12 heteroatoms. The van der Waals surface area contributed by atoms with Gasteiger partial charge in [0.15, 0.2) is 5.71 Å². The Kier molecular flexibility index (Phi) is 6.33. The zero-order valence-electron chi connectivity index (χ0n) is 21.3. The highest BCUT2D eigenvalue weighted by Crippen LogP contribution is 2.36. The Morgan fingerprint density at radius 1 is 1.13 bits per heavy atom. The number of fused-ring (bicyclic) bond motifs is 1.